The summed E-state index contributed by atoms with van der Waals surface area (Å²) in [4.78, 5) is 7.17. The normalized spacial score (nSPS) is 14.8. The minimum atomic E-state index is -3.54. The molecule has 3 aromatic rings. The van der Waals surface area contributed by atoms with E-state index in [4.69, 9.17) is 30.8 Å². The van der Waals surface area contributed by atoms with Crippen molar-refractivity contribution in [2.24, 2.45) is 0 Å². The van der Waals surface area contributed by atoms with Gasteiger partial charge in [-0.15, -0.1) is 11.3 Å². The maximum Gasteiger partial charge on any atom is 0.243 e. The van der Waals surface area contributed by atoms with Crippen LogP contribution in [0.3, 0.4) is 0 Å². The van der Waals surface area contributed by atoms with E-state index in [-0.39, 0.29) is 4.90 Å². The molecule has 4 rings (SSSR count). The van der Waals surface area contributed by atoms with Crippen LogP contribution in [-0.2, 0) is 16.4 Å². The Morgan fingerprint density at radius 1 is 0.971 bits per heavy atom. The minimum absolute atomic E-state index is 0.257. The van der Waals surface area contributed by atoms with Crippen LogP contribution in [0.25, 0.3) is 0 Å². The number of anilines is 1. The average molecular weight is 524 g/mol. The fourth-order valence-corrected chi connectivity index (χ4v) is 6.27. The Labute approximate surface area is 208 Å². The van der Waals surface area contributed by atoms with Crippen LogP contribution in [-0.4, -0.2) is 65.2 Å². The summed E-state index contributed by atoms with van der Waals surface area (Å²) in [5.41, 5.74) is 1.91. The summed E-state index contributed by atoms with van der Waals surface area (Å²) in [5, 5.41) is 3.41. The Hall–Kier alpha value is -2.53. The van der Waals surface area contributed by atoms with E-state index in [1.807, 2.05) is 17.5 Å². The Bertz CT molecular complexity index is 1210. The number of hydrogen-bond donors (Lipinski definition) is 0. The lowest BCUT2D eigenvalue weighted by molar-refractivity contribution is 0.324. The predicted octanol–water partition coefficient (Wildman–Crippen LogP) is 3.92. The van der Waals surface area contributed by atoms with Gasteiger partial charge in [-0.25, -0.2) is 13.4 Å². The first-order valence-electron chi connectivity index (χ1n) is 10.6. The Morgan fingerprint density at radius 2 is 1.59 bits per heavy atom. The molecule has 1 aliphatic heterocycles. The van der Waals surface area contributed by atoms with Crippen LogP contribution in [0.2, 0.25) is 5.02 Å². The van der Waals surface area contributed by atoms with Gasteiger partial charge in [-0.05, 0) is 42.0 Å². The third-order valence-electron chi connectivity index (χ3n) is 5.61. The molecule has 0 spiro atoms. The van der Waals surface area contributed by atoms with Crippen molar-refractivity contribution in [2.75, 3.05) is 52.4 Å². The number of sulfonamides is 1. The van der Waals surface area contributed by atoms with E-state index in [0.717, 1.165) is 16.4 Å². The van der Waals surface area contributed by atoms with Crippen LogP contribution in [0.1, 0.15) is 11.3 Å². The highest BCUT2D eigenvalue weighted by molar-refractivity contribution is 7.89. The molecule has 8 nitrogen and oxygen atoms in total. The fraction of sp³-hybridized carbons (Fsp3) is 0.348. The SMILES string of the molecule is COc1cc(Cc2csc(N3CCN(S(=O)(=O)c4ccc(Cl)cc4)CC3)n2)cc(OC)c1OC. The van der Waals surface area contributed by atoms with Gasteiger partial charge < -0.3 is 19.1 Å². The quantitative estimate of drug-likeness (QED) is 0.442. The number of halogens is 1. The van der Waals surface area contributed by atoms with Crippen LogP contribution >= 0.6 is 22.9 Å². The van der Waals surface area contributed by atoms with Gasteiger partial charge in [0.25, 0.3) is 0 Å². The van der Waals surface area contributed by atoms with Crippen molar-refractivity contribution in [3.05, 3.63) is 58.1 Å². The molecule has 0 amide bonds. The second-order valence-corrected chi connectivity index (χ2v) is 10.9. The maximum absolute atomic E-state index is 12.9. The largest absolute Gasteiger partial charge is 0.493 e. The molecule has 0 atom stereocenters. The van der Waals surface area contributed by atoms with E-state index in [0.29, 0.717) is 54.9 Å². The number of nitrogens with zero attached hydrogens (tertiary/aromatic N) is 3. The molecule has 2 aromatic carbocycles. The Kier molecular flexibility index (Phi) is 7.51. The molecule has 0 aliphatic carbocycles. The zero-order valence-electron chi connectivity index (χ0n) is 19.2. The molecule has 2 heterocycles. The standard InChI is InChI=1S/C23H26ClN3O5S2/c1-30-20-13-16(14-21(31-2)22(20)32-3)12-18-15-33-23(25-18)26-8-10-27(11-9-26)34(28,29)19-6-4-17(24)5-7-19/h4-7,13-15H,8-12H2,1-3H3. The van der Waals surface area contributed by atoms with Gasteiger partial charge >= 0.3 is 0 Å². The Balaban J connectivity index is 1.42. The van der Waals surface area contributed by atoms with Crippen molar-refractivity contribution >= 4 is 38.1 Å². The number of hydrogen-bond acceptors (Lipinski definition) is 8. The molecule has 182 valence electrons. The molecule has 0 unspecified atom stereocenters. The highest BCUT2D eigenvalue weighted by Crippen LogP contribution is 2.39. The van der Waals surface area contributed by atoms with E-state index in [2.05, 4.69) is 4.90 Å². The van der Waals surface area contributed by atoms with Crippen LogP contribution < -0.4 is 19.1 Å². The van der Waals surface area contributed by atoms with E-state index in [1.165, 1.54) is 4.31 Å². The third-order valence-corrected chi connectivity index (χ3v) is 8.73. The molecule has 1 aromatic heterocycles. The summed E-state index contributed by atoms with van der Waals surface area (Å²) in [6, 6.07) is 10.1. The van der Waals surface area contributed by atoms with Crippen molar-refractivity contribution in [3.63, 3.8) is 0 Å². The van der Waals surface area contributed by atoms with Crippen LogP contribution in [0.4, 0.5) is 5.13 Å². The van der Waals surface area contributed by atoms with Gasteiger partial charge in [0.05, 0.1) is 31.9 Å². The van der Waals surface area contributed by atoms with E-state index >= 15 is 0 Å². The molecule has 0 N–H and O–H groups in total. The summed E-state index contributed by atoms with van der Waals surface area (Å²) in [6.45, 7) is 1.94. The topological polar surface area (TPSA) is 81.2 Å². The van der Waals surface area contributed by atoms with E-state index in [9.17, 15) is 8.42 Å². The number of aromatic nitrogens is 1. The smallest absolute Gasteiger partial charge is 0.243 e. The van der Waals surface area contributed by atoms with E-state index in [1.54, 1.807) is 56.9 Å². The molecule has 0 saturated carbocycles. The number of methoxy groups -OCH3 is 3. The zero-order valence-corrected chi connectivity index (χ0v) is 21.5. The molecule has 11 heteroatoms. The highest BCUT2D eigenvalue weighted by Gasteiger charge is 2.29. The van der Waals surface area contributed by atoms with Crippen molar-refractivity contribution in [1.82, 2.24) is 9.29 Å². The molecule has 34 heavy (non-hydrogen) atoms. The first-order valence-corrected chi connectivity index (χ1v) is 13.3. The van der Waals surface area contributed by atoms with E-state index < -0.39 is 10.0 Å². The highest BCUT2D eigenvalue weighted by atomic mass is 35.5. The van der Waals surface area contributed by atoms with Crippen LogP contribution in [0.15, 0.2) is 46.7 Å². The fourth-order valence-electron chi connectivity index (χ4n) is 3.84. The van der Waals surface area contributed by atoms with Gasteiger partial charge in [-0.3, -0.25) is 0 Å². The zero-order chi connectivity index (χ0) is 24.3. The van der Waals surface area contributed by atoms with Gasteiger partial charge in [0.15, 0.2) is 16.6 Å². The Morgan fingerprint density at radius 3 is 2.15 bits per heavy atom. The average Bonchev–Trinajstić information content (AvgIpc) is 3.32. The van der Waals surface area contributed by atoms with Crippen LogP contribution in [0.5, 0.6) is 17.2 Å². The maximum atomic E-state index is 12.9. The summed E-state index contributed by atoms with van der Waals surface area (Å²) < 4.78 is 43.6. The number of piperazine rings is 1. The molecule has 1 aliphatic rings. The first kappa shape index (κ1) is 24.6. The number of rotatable bonds is 8. The predicted molar refractivity (Wildman–Crippen MR) is 133 cm³/mol. The second-order valence-electron chi connectivity index (χ2n) is 7.68. The first-order chi connectivity index (χ1) is 16.3. The number of benzene rings is 2. The van der Waals surface area contributed by atoms with Crippen molar-refractivity contribution < 1.29 is 22.6 Å². The van der Waals surface area contributed by atoms with Gasteiger partial charge in [0.1, 0.15) is 0 Å². The molecule has 0 radical (unpaired) electrons. The summed E-state index contributed by atoms with van der Waals surface area (Å²) in [7, 11) is 1.22. The monoisotopic (exact) mass is 523 g/mol. The van der Waals surface area contributed by atoms with Gasteiger partial charge in [0.2, 0.25) is 15.8 Å². The van der Waals surface area contributed by atoms with Crippen molar-refractivity contribution in [3.8, 4) is 17.2 Å². The van der Waals surface area contributed by atoms with Gasteiger partial charge in [-0.2, -0.15) is 4.31 Å². The number of ether oxygens (including phenoxy) is 3. The summed E-state index contributed by atoms with van der Waals surface area (Å²) >= 11 is 7.45. The van der Waals surface area contributed by atoms with Crippen molar-refractivity contribution in [2.45, 2.75) is 11.3 Å². The van der Waals surface area contributed by atoms with Crippen LogP contribution in [0, 0.1) is 0 Å². The third kappa shape index (κ3) is 5.10. The lowest BCUT2D eigenvalue weighted by Gasteiger charge is -2.33. The lowest BCUT2D eigenvalue weighted by Crippen LogP contribution is -2.48. The summed E-state index contributed by atoms with van der Waals surface area (Å²) in [6.07, 6.45) is 0.609. The molecule has 1 fully saturated rings. The molecule has 0 bridgehead atoms. The molecular weight excluding hydrogens is 498 g/mol. The summed E-state index contributed by atoms with van der Waals surface area (Å²) in [5.74, 6) is 1.76. The number of thiazole rings is 1. The lowest BCUT2D eigenvalue weighted by atomic mass is 10.1. The van der Waals surface area contributed by atoms with Gasteiger partial charge in [-0.1, -0.05) is 11.6 Å². The van der Waals surface area contributed by atoms with Crippen molar-refractivity contribution in [1.29, 1.82) is 0 Å². The molecular formula is C23H26ClN3O5S2. The molecule has 1 saturated heterocycles. The minimum Gasteiger partial charge on any atom is -0.493 e. The second kappa shape index (κ2) is 10.4. The van der Waals surface area contributed by atoms with Gasteiger partial charge in [0, 0.05) is 43.0 Å².